The molecule has 0 bridgehead atoms. The van der Waals surface area contributed by atoms with Crippen LogP contribution in [0.3, 0.4) is 0 Å². The number of benzene rings is 2. The summed E-state index contributed by atoms with van der Waals surface area (Å²) in [6, 6.07) is 12.9. The Bertz CT molecular complexity index is 1050. The van der Waals surface area contributed by atoms with E-state index in [1.165, 1.54) is 7.11 Å². The van der Waals surface area contributed by atoms with Crippen LogP contribution >= 0.6 is 11.6 Å². The first-order chi connectivity index (χ1) is 12.0. The maximum Gasteiger partial charge on any atom is 0.253 e. The molecule has 0 aliphatic rings. The van der Waals surface area contributed by atoms with Crippen molar-refractivity contribution in [1.82, 2.24) is 4.98 Å². The molecule has 3 rings (SSSR count). The Labute approximate surface area is 149 Å². The lowest BCUT2D eigenvalue weighted by atomic mass is 10.1. The minimum absolute atomic E-state index is 0.189. The highest BCUT2D eigenvalue weighted by Crippen LogP contribution is 2.24. The Balaban J connectivity index is 1.90. The highest BCUT2D eigenvalue weighted by molar-refractivity contribution is 6.35. The van der Waals surface area contributed by atoms with E-state index in [0.717, 1.165) is 16.6 Å². The monoisotopic (exact) mass is 353 g/mol. The van der Waals surface area contributed by atoms with Gasteiger partial charge in [-0.15, -0.1) is 0 Å². The molecule has 0 fully saturated rings. The SMILES string of the molecule is COc1cc(NCc2cc3cc(C)cc(Cl)c3[nH]c2=O)ccc1C#N. The number of hydrogen-bond donors (Lipinski definition) is 2. The molecule has 0 aliphatic carbocycles. The first-order valence-corrected chi connectivity index (χ1v) is 8.03. The molecule has 0 atom stereocenters. The van der Waals surface area contributed by atoms with Gasteiger partial charge in [-0.1, -0.05) is 11.6 Å². The lowest BCUT2D eigenvalue weighted by molar-refractivity contribution is 0.413. The Morgan fingerprint density at radius 2 is 2.08 bits per heavy atom. The van der Waals surface area contributed by atoms with E-state index in [-0.39, 0.29) is 5.56 Å². The fraction of sp³-hybridized carbons (Fsp3) is 0.158. The summed E-state index contributed by atoms with van der Waals surface area (Å²) in [5, 5.41) is 13.6. The number of nitrogens with one attached hydrogen (secondary N) is 2. The molecule has 25 heavy (non-hydrogen) atoms. The fourth-order valence-corrected chi connectivity index (χ4v) is 3.01. The van der Waals surface area contributed by atoms with Gasteiger partial charge in [-0.3, -0.25) is 4.79 Å². The number of aryl methyl sites for hydroxylation is 1. The minimum atomic E-state index is -0.189. The molecule has 0 saturated heterocycles. The molecule has 5 nitrogen and oxygen atoms in total. The summed E-state index contributed by atoms with van der Waals surface area (Å²) in [5.41, 5.74) is 3.30. The summed E-state index contributed by atoms with van der Waals surface area (Å²) in [7, 11) is 1.51. The normalized spacial score (nSPS) is 10.5. The van der Waals surface area contributed by atoms with Gasteiger partial charge in [0.2, 0.25) is 0 Å². The number of anilines is 1. The van der Waals surface area contributed by atoms with Gasteiger partial charge in [-0.25, -0.2) is 0 Å². The highest BCUT2D eigenvalue weighted by atomic mass is 35.5. The average Bonchev–Trinajstić information content (AvgIpc) is 2.60. The standard InChI is InChI=1S/C19H16ClN3O2/c1-11-5-13-7-14(19(24)23-18(13)16(20)6-11)10-22-15-4-3-12(9-21)17(8-15)25-2/h3-8,22H,10H2,1-2H3,(H,23,24). The third-order valence-electron chi connectivity index (χ3n) is 3.93. The van der Waals surface area contributed by atoms with Crippen molar-refractivity contribution in [3.05, 3.63) is 68.5 Å². The van der Waals surface area contributed by atoms with Crippen molar-refractivity contribution in [2.24, 2.45) is 0 Å². The molecule has 1 heterocycles. The van der Waals surface area contributed by atoms with E-state index in [9.17, 15) is 4.79 Å². The summed E-state index contributed by atoms with van der Waals surface area (Å²) in [4.78, 5) is 15.1. The lowest BCUT2D eigenvalue weighted by Gasteiger charge is -2.10. The van der Waals surface area contributed by atoms with Crippen molar-refractivity contribution < 1.29 is 4.74 Å². The summed E-state index contributed by atoms with van der Waals surface area (Å²) < 4.78 is 5.19. The number of H-pyrrole nitrogens is 1. The van der Waals surface area contributed by atoms with Crippen LogP contribution in [0, 0.1) is 18.3 Å². The van der Waals surface area contributed by atoms with Gasteiger partial charge in [0.05, 0.1) is 23.2 Å². The number of rotatable bonds is 4. The van der Waals surface area contributed by atoms with Crippen molar-refractivity contribution in [2.45, 2.75) is 13.5 Å². The number of aromatic amines is 1. The Kier molecular flexibility index (Phi) is 4.64. The molecular weight excluding hydrogens is 338 g/mol. The molecule has 2 N–H and O–H groups in total. The number of fused-ring (bicyclic) bond motifs is 1. The lowest BCUT2D eigenvalue weighted by Crippen LogP contribution is -2.15. The van der Waals surface area contributed by atoms with Gasteiger partial charge in [0.1, 0.15) is 11.8 Å². The maximum atomic E-state index is 12.3. The van der Waals surface area contributed by atoms with Crippen LogP contribution in [0.25, 0.3) is 10.9 Å². The zero-order valence-corrected chi connectivity index (χ0v) is 14.6. The van der Waals surface area contributed by atoms with Gasteiger partial charge in [-0.2, -0.15) is 5.26 Å². The van der Waals surface area contributed by atoms with E-state index in [1.807, 2.05) is 25.1 Å². The number of hydrogen-bond acceptors (Lipinski definition) is 4. The fourth-order valence-electron chi connectivity index (χ4n) is 2.68. The number of halogens is 1. The van der Waals surface area contributed by atoms with Gasteiger partial charge in [0, 0.05) is 29.2 Å². The van der Waals surface area contributed by atoms with Gasteiger partial charge in [-0.05, 0) is 42.8 Å². The Hall–Kier alpha value is -2.97. The summed E-state index contributed by atoms with van der Waals surface area (Å²) in [6.07, 6.45) is 0. The second-order valence-electron chi connectivity index (χ2n) is 5.72. The largest absolute Gasteiger partial charge is 0.495 e. The van der Waals surface area contributed by atoms with Crippen molar-refractivity contribution >= 4 is 28.2 Å². The van der Waals surface area contributed by atoms with E-state index in [4.69, 9.17) is 21.6 Å². The molecular formula is C19H16ClN3O2. The summed E-state index contributed by atoms with van der Waals surface area (Å²) >= 11 is 6.20. The number of methoxy groups -OCH3 is 1. The third kappa shape index (κ3) is 3.44. The third-order valence-corrected chi connectivity index (χ3v) is 4.23. The van der Waals surface area contributed by atoms with E-state index >= 15 is 0 Å². The molecule has 3 aromatic rings. The molecule has 1 aromatic heterocycles. The summed E-state index contributed by atoms with van der Waals surface area (Å²) in [5.74, 6) is 0.488. The van der Waals surface area contributed by atoms with E-state index in [2.05, 4.69) is 16.4 Å². The molecule has 126 valence electrons. The minimum Gasteiger partial charge on any atom is -0.495 e. The zero-order valence-electron chi connectivity index (χ0n) is 13.8. The molecule has 0 aliphatic heterocycles. The Morgan fingerprint density at radius 1 is 1.28 bits per heavy atom. The van der Waals surface area contributed by atoms with Crippen molar-refractivity contribution in [3.63, 3.8) is 0 Å². The van der Waals surface area contributed by atoms with Gasteiger partial charge in [0.25, 0.3) is 5.56 Å². The van der Waals surface area contributed by atoms with Crippen LogP contribution in [0.1, 0.15) is 16.7 Å². The molecule has 6 heteroatoms. The van der Waals surface area contributed by atoms with Crippen LogP contribution in [0.5, 0.6) is 5.75 Å². The van der Waals surface area contributed by atoms with Crippen LogP contribution < -0.4 is 15.6 Å². The van der Waals surface area contributed by atoms with Crippen molar-refractivity contribution in [1.29, 1.82) is 5.26 Å². The van der Waals surface area contributed by atoms with Crippen LogP contribution in [-0.4, -0.2) is 12.1 Å². The highest BCUT2D eigenvalue weighted by Gasteiger charge is 2.08. The van der Waals surface area contributed by atoms with E-state index in [1.54, 1.807) is 18.2 Å². The molecule has 0 spiro atoms. The van der Waals surface area contributed by atoms with Gasteiger partial charge >= 0.3 is 0 Å². The molecule has 0 unspecified atom stereocenters. The van der Waals surface area contributed by atoms with Crippen LogP contribution in [0.4, 0.5) is 5.69 Å². The average molecular weight is 354 g/mol. The maximum absolute atomic E-state index is 12.3. The number of nitrogens with zero attached hydrogens (tertiary/aromatic N) is 1. The smallest absolute Gasteiger partial charge is 0.253 e. The summed E-state index contributed by atoms with van der Waals surface area (Å²) in [6.45, 7) is 2.29. The van der Waals surface area contributed by atoms with E-state index in [0.29, 0.717) is 34.0 Å². The first kappa shape index (κ1) is 16.9. The number of aromatic nitrogens is 1. The van der Waals surface area contributed by atoms with Crippen LogP contribution in [0.15, 0.2) is 41.2 Å². The second-order valence-corrected chi connectivity index (χ2v) is 6.12. The second kappa shape index (κ2) is 6.88. The number of pyridine rings is 1. The van der Waals surface area contributed by atoms with Gasteiger partial charge in [0.15, 0.2) is 0 Å². The van der Waals surface area contributed by atoms with E-state index < -0.39 is 0 Å². The Morgan fingerprint density at radius 3 is 2.80 bits per heavy atom. The van der Waals surface area contributed by atoms with Crippen molar-refractivity contribution in [2.75, 3.05) is 12.4 Å². The quantitative estimate of drug-likeness (QED) is 0.743. The first-order valence-electron chi connectivity index (χ1n) is 7.66. The van der Waals surface area contributed by atoms with Gasteiger partial charge < -0.3 is 15.0 Å². The molecule has 0 saturated carbocycles. The van der Waals surface area contributed by atoms with Crippen molar-refractivity contribution in [3.8, 4) is 11.8 Å². The molecule has 0 radical (unpaired) electrons. The number of ether oxygens (including phenoxy) is 1. The predicted octanol–water partition coefficient (Wildman–Crippen LogP) is 3.98. The predicted molar refractivity (Wildman–Crippen MR) is 99.4 cm³/mol. The van der Waals surface area contributed by atoms with Crippen LogP contribution in [0.2, 0.25) is 5.02 Å². The number of nitriles is 1. The molecule has 0 amide bonds. The zero-order chi connectivity index (χ0) is 18.0. The van der Waals surface area contributed by atoms with Crippen LogP contribution in [-0.2, 0) is 6.54 Å². The topological polar surface area (TPSA) is 77.9 Å². The molecule has 2 aromatic carbocycles.